The summed E-state index contributed by atoms with van der Waals surface area (Å²) < 4.78 is 12.5. The van der Waals surface area contributed by atoms with Crippen molar-refractivity contribution >= 4 is 57.1 Å². The third-order valence-corrected chi connectivity index (χ3v) is 7.28. The molecule has 1 aromatic carbocycles. The molecular weight excluding hydrogens is 612 g/mol. The number of esters is 2. The summed E-state index contributed by atoms with van der Waals surface area (Å²) in [6, 6.07) is 3.36. The van der Waals surface area contributed by atoms with Crippen LogP contribution in [-0.4, -0.2) is 52.8 Å². The Bertz CT molecular complexity index is 791. The zero-order valence-corrected chi connectivity index (χ0v) is 22.7. The zero-order chi connectivity index (χ0) is 22.9. The summed E-state index contributed by atoms with van der Waals surface area (Å²) in [5.41, 5.74) is 0.0260. The molecule has 1 saturated heterocycles. The molecule has 1 unspecified atom stereocenters. The van der Waals surface area contributed by atoms with Gasteiger partial charge in [0.1, 0.15) is 17.4 Å². The fourth-order valence-electron chi connectivity index (χ4n) is 3.96. The van der Waals surface area contributed by atoms with Crippen molar-refractivity contribution in [2.24, 2.45) is 5.92 Å². The van der Waals surface area contributed by atoms with Crippen LogP contribution in [0.5, 0.6) is 5.75 Å². The first-order valence-electron chi connectivity index (χ1n) is 10.0. The number of carbonyl (C=O) groups is 2. The van der Waals surface area contributed by atoms with Crippen LogP contribution in [0, 0.1) is 13.1 Å². The van der Waals surface area contributed by atoms with E-state index in [9.17, 15) is 14.7 Å². The number of carbonyl (C=O) groups excluding carboxylic acids is 2. The van der Waals surface area contributed by atoms with E-state index in [-0.39, 0.29) is 53.4 Å². The molecule has 0 amide bonds. The van der Waals surface area contributed by atoms with Gasteiger partial charge < -0.3 is 14.6 Å². The van der Waals surface area contributed by atoms with Crippen LogP contribution in [0.25, 0.3) is 0 Å². The molecule has 0 spiro atoms. The van der Waals surface area contributed by atoms with Crippen molar-refractivity contribution < 1.29 is 24.2 Å². The van der Waals surface area contributed by atoms with Crippen LogP contribution >= 0.6 is 45.2 Å². The zero-order valence-electron chi connectivity index (χ0n) is 18.4. The van der Waals surface area contributed by atoms with Crippen molar-refractivity contribution in [1.82, 2.24) is 4.90 Å². The van der Waals surface area contributed by atoms with Crippen LogP contribution in [0.3, 0.4) is 0 Å². The number of aromatic hydroxyl groups is 1. The molecule has 8 heteroatoms. The Kier molecular flexibility index (Phi) is 8.45. The average molecular weight is 643 g/mol. The minimum Gasteiger partial charge on any atom is -0.506 e. The van der Waals surface area contributed by atoms with Gasteiger partial charge in [0.25, 0.3) is 0 Å². The van der Waals surface area contributed by atoms with E-state index < -0.39 is 5.97 Å². The molecule has 0 bridgehead atoms. The average Bonchev–Trinajstić information content (AvgIpc) is 2.60. The second-order valence-corrected chi connectivity index (χ2v) is 11.8. The second kappa shape index (κ2) is 9.89. The number of piperidine rings is 1. The van der Waals surface area contributed by atoms with Crippen molar-refractivity contribution in [2.75, 3.05) is 13.7 Å². The Hall–Kier alpha value is -0.620. The molecule has 1 N–H and O–H groups in total. The van der Waals surface area contributed by atoms with E-state index >= 15 is 0 Å². The van der Waals surface area contributed by atoms with Gasteiger partial charge in [-0.2, -0.15) is 0 Å². The summed E-state index contributed by atoms with van der Waals surface area (Å²) in [6.07, 6.45) is 1.62. The summed E-state index contributed by atoms with van der Waals surface area (Å²) in [7, 11) is 2.11. The summed E-state index contributed by atoms with van der Waals surface area (Å²) in [6.45, 7) is 10.6. The molecule has 0 radical (unpaired) electrons. The molecule has 1 aliphatic rings. The van der Waals surface area contributed by atoms with E-state index in [0.717, 1.165) is 16.4 Å². The number of ether oxygens (including phenoxy) is 2. The van der Waals surface area contributed by atoms with Gasteiger partial charge in [-0.3, -0.25) is 9.69 Å². The maximum atomic E-state index is 12.5. The molecule has 1 aromatic rings. The summed E-state index contributed by atoms with van der Waals surface area (Å²) in [4.78, 5) is 27.1. The number of phenolic OH excluding ortho intramolecular Hbond substituents is 1. The third kappa shape index (κ3) is 6.44. The number of halogens is 2. The van der Waals surface area contributed by atoms with Crippen LogP contribution < -0.4 is 0 Å². The topological polar surface area (TPSA) is 76.1 Å². The molecule has 30 heavy (non-hydrogen) atoms. The number of phenols is 1. The van der Waals surface area contributed by atoms with Crippen LogP contribution in [-0.2, 0) is 14.3 Å². The highest BCUT2D eigenvalue weighted by atomic mass is 127. The molecule has 0 saturated carbocycles. The van der Waals surface area contributed by atoms with Crippen LogP contribution in [0.2, 0.25) is 0 Å². The smallest absolute Gasteiger partial charge is 0.341 e. The Morgan fingerprint density at radius 3 is 2.33 bits per heavy atom. The first-order chi connectivity index (χ1) is 13.7. The van der Waals surface area contributed by atoms with Gasteiger partial charge in [-0.25, -0.2) is 4.79 Å². The Balaban J connectivity index is 1.87. The van der Waals surface area contributed by atoms with Gasteiger partial charge in [-0.1, -0.05) is 6.92 Å². The van der Waals surface area contributed by atoms with Gasteiger partial charge in [0.15, 0.2) is 0 Å². The summed E-state index contributed by atoms with van der Waals surface area (Å²) in [5.74, 6) is -1.13. The highest BCUT2D eigenvalue weighted by Gasteiger charge is 2.44. The van der Waals surface area contributed by atoms with Gasteiger partial charge in [0.05, 0.1) is 16.6 Å². The molecule has 1 heterocycles. The van der Waals surface area contributed by atoms with Crippen molar-refractivity contribution in [2.45, 2.75) is 71.1 Å². The van der Waals surface area contributed by atoms with E-state index in [0.29, 0.717) is 3.57 Å². The van der Waals surface area contributed by atoms with E-state index in [4.69, 9.17) is 9.47 Å². The highest BCUT2D eigenvalue weighted by Crippen LogP contribution is 2.38. The SMILES string of the molecule is CC(COC(=O)c1cc(I)cc(I)c1O)CC(=O)OC1CC(C)(C)N(C)C(C)(C)C1. The normalized spacial score (nSPS) is 19.9. The molecule has 6 nitrogen and oxygen atoms in total. The lowest BCUT2D eigenvalue weighted by atomic mass is 9.79. The Morgan fingerprint density at radius 2 is 1.77 bits per heavy atom. The highest BCUT2D eigenvalue weighted by molar-refractivity contribution is 14.1. The third-order valence-electron chi connectivity index (χ3n) is 5.83. The van der Waals surface area contributed by atoms with Gasteiger partial charge in [-0.05, 0) is 92.1 Å². The number of hydrogen-bond acceptors (Lipinski definition) is 6. The second-order valence-electron chi connectivity index (χ2n) is 9.40. The Labute approximate surface area is 206 Å². The van der Waals surface area contributed by atoms with Gasteiger partial charge in [0.2, 0.25) is 0 Å². The Morgan fingerprint density at radius 1 is 1.20 bits per heavy atom. The lowest BCUT2D eigenvalue weighted by Gasteiger charge is -2.53. The number of hydrogen-bond donors (Lipinski definition) is 1. The van der Waals surface area contributed by atoms with Gasteiger partial charge in [0, 0.05) is 33.4 Å². The quantitative estimate of drug-likeness (QED) is 0.349. The fourth-order valence-corrected chi connectivity index (χ4v) is 5.80. The molecule has 1 aliphatic heterocycles. The van der Waals surface area contributed by atoms with Gasteiger partial charge in [-0.15, -0.1) is 0 Å². The summed E-state index contributed by atoms with van der Waals surface area (Å²) in [5, 5.41) is 10.1. The maximum Gasteiger partial charge on any atom is 0.341 e. The van der Waals surface area contributed by atoms with Crippen LogP contribution in [0.15, 0.2) is 12.1 Å². The largest absolute Gasteiger partial charge is 0.506 e. The lowest BCUT2D eigenvalue weighted by Crippen LogP contribution is -2.60. The van der Waals surface area contributed by atoms with Crippen molar-refractivity contribution in [3.8, 4) is 5.75 Å². The van der Waals surface area contributed by atoms with E-state index in [2.05, 4.69) is 62.2 Å². The van der Waals surface area contributed by atoms with Crippen molar-refractivity contribution in [1.29, 1.82) is 0 Å². The first-order valence-corrected chi connectivity index (χ1v) is 12.2. The molecule has 168 valence electrons. The first kappa shape index (κ1) is 25.6. The number of nitrogens with zero attached hydrogens (tertiary/aromatic N) is 1. The molecule has 1 atom stereocenters. The summed E-state index contributed by atoms with van der Waals surface area (Å²) >= 11 is 4.05. The predicted molar refractivity (Wildman–Crippen MR) is 133 cm³/mol. The van der Waals surface area contributed by atoms with Crippen molar-refractivity contribution in [3.63, 3.8) is 0 Å². The van der Waals surface area contributed by atoms with Crippen molar-refractivity contribution in [3.05, 3.63) is 24.8 Å². The standard InChI is InChI=1S/C22H31I2NO5/c1-13(12-29-20(28)16-8-14(23)9-17(24)19(16)27)7-18(26)30-15-10-21(2,3)25(6)22(4,5)11-15/h8-9,13,15,27H,7,10-12H2,1-6H3. The molecule has 0 aromatic heterocycles. The number of rotatable bonds is 6. The van der Waals surface area contributed by atoms with Crippen LogP contribution in [0.1, 0.15) is 64.2 Å². The van der Waals surface area contributed by atoms with Gasteiger partial charge >= 0.3 is 11.9 Å². The maximum absolute atomic E-state index is 12.5. The minimum absolute atomic E-state index is 0.0550. The molecule has 1 fully saturated rings. The predicted octanol–water partition coefficient (Wildman–Crippen LogP) is 4.98. The minimum atomic E-state index is -0.594. The monoisotopic (exact) mass is 643 g/mol. The van der Waals surface area contributed by atoms with E-state index in [1.807, 2.05) is 29.5 Å². The van der Waals surface area contributed by atoms with E-state index in [1.54, 1.807) is 12.1 Å². The fraction of sp³-hybridized carbons (Fsp3) is 0.636. The number of likely N-dealkylation sites (tertiary alicyclic amines) is 1. The molecular formula is C22H31I2NO5. The molecule has 2 rings (SSSR count). The lowest BCUT2D eigenvalue weighted by molar-refractivity contribution is -0.160. The number of benzene rings is 1. The van der Waals surface area contributed by atoms with Crippen LogP contribution in [0.4, 0.5) is 0 Å². The molecule has 0 aliphatic carbocycles. The van der Waals surface area contributed by atoms with E-state index in [1.165, 1.54) is 0 Å².